The molecular formula is C17H20N2O7S. The molecule has 0 bridgehead atoms. The van der Waals surface area contributed by atoms with Crippen LogP contribution in [0.1, 0.15) is 40.5 Å². The van der Waals surface area contributed by atoms with Crippen molar-refractivity contribution in [1.29, 1.82) is 0 Å². The predicted molar refractivity (Wildman–Crippen MR) is 99.1 cm³/mol. The van der Waals surface area contributed by atoms with E-state index in [1.165, 1.54) is 32.2 Å². The van der Waals surface area contributed by atoms with Crippen LogP contribution in [0.3, 0.4) is 0 Å². The molecule has 10 heteroatoms. The maximum Gasteiger partial charge on any atom is 0.339 e. The van der Waals surface area contributed by atoms with Crippen LogP contribution in [0.25, 0.3) is 0 Å². The molecule has 1 heterocycles. The molecule has 0 radical (unpaired) electrons. The highest BCUT2D eigenvalue weighted by molar-refractivity contribution is 7.92. The van der Waals surface area contributed by atoms with Crippen LogP contribution in [0.4, 0.5) is 11.4 Å². The molecule has 0 aliphatic heterocycles. The van der Waals surface area contributed by atoms with Crippen molar-refractivity contribution in [1.82, 2.24) is 0 Å². The Kier molecular flexibility index (Phi) is 6.11. The number of aromatic carboxylic acids is 1. The summed E-state index contributed by atoms with van der Waals surface area (Å²) in [5.41, 5.74) is 0.490. The van der Waals surface area contributed by atoms with Gasteiger partial charge in [-0.3, -0.25) is 9.52 Å². The summed E-state index contributed by atoms with van der Waals surface area (Å²) in [5, 5.41) is 11.7. The monoisotopic (exact) mass is 396 g/mol. The van der Waals surface area contributed by atoms with Crippen LogP contribution in [0.5, 0.6) is 5.75 Å². The molecule has 0 fully saturated rings. The number of carbonyl (C=O) groups excluding carboxylic acids is 1. The minimum absolute atomic E-state index is 0.0652. The van der Waals surface area contributed by atoms with Crippen LogP contribution in [-0.2, 0) is 16.4 Å². The van der Waals surface area contributed by atoms with Gasteiger partial charge in [0, 0.05) is 24.2 Å². The lowest BCUT2D eigenvalue weighted by Crippen LogP contribution is -2.15. The quantitative estimate of drug-likeness (QED) is 0.624. The summed E-state index contributed by atoms with van der Waals surface area (Å²) in [6, 6.07) is 5.53. The first-order valence-electron chi connectivity index (χ1n) is 8.06. The summed E-state index contributed by atoms with van der Waals surface area (Å²) < 4.78 is 36.3. The molecule has 146 valence electrons. The Balaban J connectivity index is 2.25. The number of nitrogens with one attached hydrogen (secondary N) is 2. The highest BCUT2D eigenvalue weighted by Crippen LogP contribution is 2.29. The van der Waals surface area contributed by atoms with E-state index in [0.29, 0.717) is 12.1 Å². The average molecular weight is 396 g/mol. The Labute approximate surface area is 156 Å². The summed E-state index contributed by atoms with van der Waals surface area (Å²) in [4.78, 5) is 23.5. The first kappa shape index (κ1) is 20.3. The summed E-state index contributed by atoms with van der Waals surface area (Å²) in [7, 11) is -2.12. The number of methoxy groups -OCH3 is 1. The van der Waals surface area contributed by atoms with Gasteiger partial charge in [-0.25, -0.2) is 13.2 Å². The zero-order valence-corrected chi connectivity index (χ0v) is 15.8. The van der Waals surface area contributed by atoms with Crippen molar-refractivity contribution in [2.45, 2.75) is 20.3 Å². The lowest BCUT2D eigenvalue weighted by Gasteiger charge is -2.12. The fourth-order valence-electron chi connectivity index (χ4n) is 2.27. The standard InChI is InChI=1S/C17H20N2O7S/c1-4-13-11(17(21)22)9-15(26-13)16(20)18-10-6-7-12(14(8-10)25-3)19-27(23,24)5-2/h6-9,19H,4-5H2,1-3H3,(H,18,20)(H,21,22). The topological polar surface area (TPSA) is 135 Å². The van der Waals surface area contributed by atoms with Crippen molar-refractivity contribution < 1.29 is 32.3 Å². The van der Waals surface area contributed by atoms with E-state index < -0.39 is 21.9 Å². The molecule has 27 heavy (non-hydrogen) atoms. The summed E-state index contributed by atoms with van der Waals surface area (Å²) >= 11 is 0. The van der Waals surface area contributed by atoms with Crippen molar-refractivity contribution in [2.75, 3.05) is 22.9 Å². The van der Waals surface area contributed by atoms with Crippen LogP contribution in [0.15, 0.2) is 28.7 Å². The first-order valence-corrected chi connectivity index (χ1v) is 9.71. The van der Waals surface area contributed by atoms with Crippen molar-refractivity contribution in [2.24, 2.45) is 0 Å². The molecule has 0 atom stereocenters. The van der Waals surface area contributed by atoms with E-state index in [1.54, 1.807) is 6.92 Å². The Morgan fingerprint density at radius 3 is 2.44 bits per heavy atom. The van der Waals surface area contributed by atoms with Gasteiger partial charge in [-0.05, 0) is 19.1 Å². The number of amides is 1. The van der Waals surface area contributed by atoms with Gasteiger partial charge in [-0.15, -0.1) is 0 Å². The van der Waals surface area contributed by atoms with Gasteiger partial charge in [0.1, 0.15) is 17.1 Å². The number of furan rings is 1. The van der Waals surface area contributed by atoms with Gasteiger partial charge in [-0.1, -0.05) is 6.92 Å². The van der Waals surface area contributed by atoms with E-state index in [0.717, 1.165) is 6.07 Å². The molecule has 2 aromatic rings. The normalized spacial score (nSPS) is 11.1. The maximum absolute atomic E-state index is 12.3. The van der Waals surface area contributed by atoms with E-state index in [9.17, 15) is 18.0 Å². The second kappa shape index (κ2) is 8.12. The number of carbonyl (C=O) groups is 2. The molecule has 0 saturated heterocycles. The van der Waals surface area contributed by atoms with Crippen molar-refractivity contribution >= 4 is 33.3 Å². The number of ether oxygens (including phenoxy) is 1. The molecule has 0 unspecified atom stereocenters. The number of hydrogen-bond donors (Lipinski definition) is 3. The van der Waals surface area contributed by atoms with Gasteiger partial charge in [-0.2, -0.15) is 0 Å². The second-order valence-corrected chi connectivity index (χ2v) is 7.49. The Hall–Kier alpha value is -3.01. The Morgan fingerprint density at radius 1 is 1.22 bits per heavy atom. The highest BCUT2D eigenvalue weighted by atomic mass is 32.2. The molecule has 0 aliphatic carbocycles. The molecular weight excluding hydrogens is 376 g/mol. The van der Waals surface area contributed by atoms with Gasteiger partial charge >= 0.3 is 5.97 Å². The fraction of sp³-hybridized carbons (Fsp3) is 0.294. The van der Waals surface area contributed by atoms with Gasteiger partial charge in [0.25, 0.3) is 5.91 Å². The third kappa shape index (κ3) is 4.79. The summed E-state index contributed by atoms with van der Waals surface area (Å²) in [6.45, 7) is 3.22. The lowest BCUT2D eigenvalue weighted by molar-refractivity contribution is 0.0694. The number of benzene rings is 1. The first-order chi connectivity index (χ1) is 12.7. The third-order valence-corrected chi connectivity index (χ3v) is 4.98. The second-order valence-electron chi connectivity index (χ2n) is 5.48. The van der Waals surface area contributed by atoms with Crippen LogP contribution in [0.2, 0.25) is 0 Å². The third-order valence-electron chi connectivity index (χ3n) is 3.69. The van der Waals surface area contributed by atoms with Gasteiger partial charge < -0.3 is 19.6 Å². The molecule has 1 aromatic carbocycles. The Bertz CT molecular complexity index is 964. The molecule has 1 amide bonds. The molecule has 9 nitrogen and oxygen atoms in total. The average Bonchev–Trinajstić information content (AvgIpc) is 3.07. The fourth-order valence-corrected chi connectivity index (χ4v) is 2.92. The number of aryl methyl sites for hydroxylation is 1. The largest absolute Gasteiger partial charge is 0.494 e. The number of sulfonamides is 1. The summed E-state index contributed by atoms with van der Waals surface area (Å²) in [6.07, 6.45) is 0.328. The van der Waals surface area contributed by atoms with Crippen molar-refractivity contribution in [3.8, 4) is 5.75 Å². The van der Waals surface area contributed by atoms with Crippen molar-refractivity contribution in [3.63, 3.8) is 0 Å². The van der Waals surface area contributed by atoms with Crippen molar-refractivity contribution in [3.05, 3.63) is 41.3 Å². The molecule has 1 aromatic heterocycles. The minimum Gasteiger partial charge on any atom is -0.494 e. The Morgan fingerprint density at radius 2 is 1.93 bits per heavy atom. The van der Waals surface area contributed by atoms with Gasteiger partial charge in [0.2, 0.25) is 10.0 Å². The van der Waals surface area contributed by atoms with E-state index in [-0.39, 0.29) is 34.3 Å². The lowest BCUT2D eigenvalue weighted by atomic mass is 10.2. The highest BCUT2D eigenvalue weighted by Gasteiger charge is 2.20. The van der Waals surface area contributed by atoms with Crippen LogP contribution < -0.4 is 14.8 Å². The minimum atomic E-state index is -3.49. The number of rotatable bonds is 8. The van der Waals surface area contributed by atoms with E-state index in [4.69, 9.17) is 14.3 Å². The molecule has 0 spiro atoms. The van der Waals surface area contributed by atoms with E-state index in [2.05, 4.69) is 10.0 Å². The SMILES string of the molecule is CCc1oc(C(=O)Nc2ccc(NS(=O)(=O)CC)c(OC)c2)cc1C(=O)O. The number of anilines is 2. The summed E-state index contributed by atoms with van der Waals surface area (Å²) in [5.74, 6) is -1.64. The zero-order valence-electron chi connectivity index (χ0n) is 15.0. The molecule has 3 N–H and O–H groups in total. The molecule has 0 aliphatic rings. The smallest absolute Gasteiger partial charge is 0.339 e. The number of carboxylic acids is 1. The van der Waals surface area contributed by atoms with Crippen LogP contribution in [0, 0.1) is 0 Å². The van der Waals surface area contributed by atoms with Crippen LogP contribution >= 0.6 is 0 Å². The number of carboxylic acid groups (broad SMARTS) is 1. The zero-order chi connectivity index (χ0) is 20.2. The van der Waals surface area contributed by atoms with Gasteiger partial charge in [0.05, 0.1) is 18.6 Å². The molecule has 2 rings (SSSR count). The van der Waals surface area contributed by atoms with Crippen LogP contribution in [-0.4, -0.2) is 38.3 Å². The number of hydrogen-bond acceptors (Lipinski definition) is 6. The van der Waals surface area contributed by atoms with E-state index >= 15 is 0 Å². The maximum atomic E-state index is 12.3. The van der Waals surface area contributed by atoms with Gasteiger partial charge in [0.15, 0.2) is 5.76 Å². The predicted octanol–water partition coefficient (Wildman–Crippen LogP) is 2.56. The van der Waals surface area contributed by atoms with E-state index in [1.807, 2.05) is 0 Å². The molecule has 0 saturated carbocycles.